The van der Waals surface area contributed by atoms with Gasteiger partial charge >= 0.3 is 0 Å². The van der Waals surface area contributed by atoms with Gasteiger partial charge in [0.05, 0.1) is 13.3 Å². The van der Waals surface area contributed by atoms with Crippen molar-refractivity contribution >= 4 is 0 Å². The van der Waals surface area contributed by atoms with Gasteiger partial charge in [0, 0.05) is 18.7 Å². The molecule has 0 radical (unpaired) electrons. The highest BCUT2D eigenvalue weighted by molar-refractivity contribution is 5.46. The molecule has 1 saturated heterocycles. The number of para-hydroxylation sites is 2. The van der Waals surface area contributed by atoms with Gasteiger partial charge < -0.3 is 10.1 Å². The highest BCUT2D eigenvalue weighted by Gasteiger charge is 2.18. The Kier molecular flexibility index (Phi) is 3.02. The summed E-state index contributed by atoms with van der Waals surface area (Å²) in [6.07, 6.45) is 5.26. The van der Waals surface area contributed by atoms with E-state index < -0.39 is 0 Å². The number of ether oxygens (including phenoxy) is 1. The van der Waals surface area contributed by atoms with E-state index in [0.717, 1.165) is 24.5 Å². The second-order valence-electron chi connectivity index (χ2n) is 4.58. The largest absolute Gasteiger partial charge is 0.494 e. The van der Waals surface area contributed by atoms with Crippen LogP contribution in [0.2, 0.25) is 0 Å². The number of hydrogen-bond acceptors (Lipinski definition) is 3. The standard InChI is InChI=1S/C14H17N3O/c1-18-14-5-3-2-4-13(14)17-10-12(9-16-17)11-6-7-15-8-11/h2-5,9-11,15H,6-8H2,1H3. The lowest BCUT2D eigenvalue weighted by atomic mass is 10.0. The molecule has 1 unspecified atom stereocenters. The van der Waals surface area contributed by atoms with Crippen LogP contribution in [0.1, 0.15) is 17.9 Å². The Hall–Kier alpha value is -1.81. The third-order valence-electron chi connectivity index (χ3n) is 3.47. The van der Waals surface area contributed by atoms with Crippen molar-refractivity contribution in [3.63, 3.8) is 0 Å². The molecule has 0 bridgehead atoms. The molecule has 2 aromatic rings. The summed E-state index contributed by atoms with van der Waals surface area (Å²) in [6.45, 7) is 2.15. The molecule has 1 fully saturated rings. The number of hydrogen-bond donors (Lipinski definition) is 1. The van der Waals surface area contributed by atoms with Gasteiger partial charge in [-0.3, -0.25) is 0 Å². The molecule has 0 amide bonds. The Morgan fingerprint density at radius 1 is 1.39 bits per heavy atom. The monoisotopic (exact) mass is 243 g/mol. The van der Waals surface area contributed by atoms with E-state index in [1.165, 1.54) is 12.0 Å². The zero-order valence-electron chi connectivity index (χ0n) is 10.5. The molecular weight excluding hydrogens is 226 g/mol. The number of methoxy groups -OCH3 is 1. The maximum atomic E-state index is 5.36. The van der Waals surface area contributed by atoms with Crippen LogP contribution in [0, 0.1) is 0 Å². The molecule has 2 heterocycles. The van der Waals surface area contributed by atoms with Gasteiger partial charge in [0.1, 0.15) is 11.4 Å². The molecule has 0 saturated carbocycles. The third-order valence-corrected chi connectivity index (χ3v) is 3.47. The van der Waals surface area contributed by atoms with Crippen molar-refractivity contribution in [3.05, 3.63) is 42.2 Å². The van der Waals surface area contributed by atoms with Crippen molar-refractivity contribution in [2.75, 3.05) is 20.2 Å². The first-order valence-electron chi connectivity index (χ1n) is 6.27. The Morgan fingerprint density at radius 3 is 3.06 bits per heavy atom. The smallest absolute Gasteiger partial charge is 0.144 e. The second-order valence-corrected chi connectivity index (χ2v) is 4.58. The first-order chi connectivity index (χ1) is 8.88. The Bertz CT molecular complexity index is 529. The fourth-order valence-corrected chi connectivity index (χ4v) is 2.44. The van der Waals surface area contributed by atoms with E-state index in [-0.39, 0.29) is 0 Å². The van der Waals surface area contributed by atoms with Crippen molar-refractivity contribution in [2.45, 2.75) is 12.3 Å². The van der Waals surface area contributed by atoms with Crippen molar-refractivity contribution < 1.29 is 4.74 Å². The van der Waals surface area contributed by atoms with Crippen LogP contribution in [-0.2, 0) is 0 Å². The lowest BCUT2D eigenvalue weighted by molar-refractivity contribution is 0.411. The van der Waals surface area contributed by atoms with E-state index in [1.807, 2.05) is 35.1 Å². The van der Waals surface area contributed by atoms with Crippen LogP contribution >= 0.6 is 0 Å². The fraction of sp³-hybridized carbons (Fsp3) is 0.357. The predicted octanol–water partition coefficient (Wildman–Crippen LogP) is 1.96. The minimum atomic E-state index is 0.591. The van der Waals surface area contributed by atoms with E-state index >= 15 is 0 Å². The molecule has 1 aromatic heterocycles. The molecular formula is C14H17N3O. The van der Waals surface area contributed by atoms with E-state index in [2.05, 4.69) is 16.6 Å². The lowest BCUT2D eigenvalue weighted by Crippen LogP contribution is -2.07. The molecule has 4 nitrogen and oxygen atoms in total. The summed E-state index contributed by atoms with van der Waals surface area (Å²) in [4.78, 5) is 0. The molecule has 3 rings (SSSR count). The van der Waals surface area contributed by atoms with Crippen molar-refractivity contribution in [3.8, 4) is 11.4 Å². The number of benzene rings is 1. The number of rotatable bonds is 3. The summed E-state index contributed by atoms with van der Waals surface area (Å²) in [5.41, 5.74) is 2.28. The SMILES string of the molecule is COc1ccccc1-n1cc(C2CCNC2)cn1. The summed E-state index contributed by atoms with van der Waals surface area (Å²) in [5.74, 6) is 1.44. The number of nitrogens with zero attached hydrogens (tertiary/aromatic N) is 2. The van der Waals surface area contributed by atoms with E-state index in [1.54, 1.807) is 7.11 Å². The molecule has 1 N–H and O–H groups in total. The molecule has 1 atom stereocenters. The van der Waals surface area contributed by atoms with E-state index in [0.29, 0.717) is 5.92 Å². The van der Waals surface area contributed by atoms with Crippen molar-refractivity contribution in [1.29, 1.82) is 0 Å². The molecule has 1 aliphatic rings. The molecule has 1 aromatic carbocycles. The van der Waals surface area contributed by atoms with Gasteiger partial charge in [-0.25, -0.2) is 4.68 Å². The first kappa shape index (κ1) is 11.3. The van der Waals surface area contributed by atoms with E-state index in [4.69, 9.17) is 4.74 Å². The highest BCUT2D eigenvalue weighted by Crippen LogP contribution is 2.25. The van der Waals surface area contributed by atoms with Crippen LogP contribution in [-0.4, -0.2) is 30.0 Å². The zero-order chi connectivity index (χ0) is 12.4. The van der Waals surface area contributed by atoms with Gasteiger partial charge in [-0.2, -0.15) is 5.10 Å². The molecule has 0 aliphatic carbocycles. The van der Waals surface area contributed by atoms with Crippen LogP contribution in [0.25, 0.3) is 5.69 Å². The topological polar surface area (TPSA) is 39.1 Å². The van der Waals surface area contributed by atoms with E-state index in [9.17, 15) is 0 Å². The van der Waals surface area contributed by atoms with Gasteiger partial charge in [-0.05, 0) is 30.7 Å². The normalized spacial score (nSPS) is 19.1. The van der Waals surface area contributed by atoms with Gasteiger partial charge in [-0.1, -0.05) is 12.1 Å². The third kappa shape index (κ3) is 1.99. The fourth-order valence-electron chi connectivity index (χ4n) is 2.44. The minimum absolute atomic E-state index is 0.591. The average molecular weight is 243 g/mol. The minimum Gasteiger partial charge on any atom is -0.494 e. The molecule has 18 heavy (non-hydrogen) atoms. The summed E-state index contributed by atoms with van der Waals surface area (Å²) >= 11 is 0. The quantitative estimate of drug-likeness (QED) is 0.895. The van der Waals surface area contributed by atoms with Crippen LogP contribution in [0.15, 0.2) is 36.7 Å². The van der Waals surface area contributed by atoms with Crippen LogP contribution < -0.4 is 10.1 Å². The predicted molar refractivity (Wildman–Crippen MR) is 70.3 cm³/mol. The van der Waals surface area contributed by atoms with Crippen LogP contribution in [0.3, 0.4) is 0 Å². The highest BCUT2D eigenvalue weighted by atomic mass is 16.5. The summed E-state index contributed by atoms with van der Waals surface area (Å²) < 4.78 is 7.26. The summed E-state index contributed by atoms with van der Waals surface area (Å²) in [5, 5.41) is 7.83. The van der Waals surface area contributed by atoms with Crippen LogP contribution in [0.4, 0.5) is 0 Å². The van der Waals surface area contributed by atoms with Gasteiger partial charge in [0.25, 0.3) is 0 Å². The average Bonchev–Trinajstić information content (AvgIpc) is 3.09. The van der Waals surface area contributed by atoms with Crippen molar-refractivity contribution in [2.24, 2.45) is 0 Å². The molecule has 94 valence electrons. The Morgan fingerprint density at radius 2 is 2.28 bits per heavy atom. The van der Waals surface area contributed by atoms with Gasteiger partial charge in [0.2, 0.25) is 0 Å². The Labute approximate surface area is 107 Å². The number of aromatic nitrogens is 2. The van der Waals surface area contributed by atoms with Crippen molar-refractivity contribution in [1.82, 2.24) is 15.1 Å². The molecule has 1 aliphatic heterocycles. The molecule has 0 spiro atoms. The van der Waals surface area contributed by atoms with Gasteiger partial charge in [0.15, 0.2) is 0 Å². The number of nitrogens with one attached hydrogen (secondary N) is 1. The van der Waals surface area contributed by atoms with Crippen LogP contribution in [0.5, 0.6) is 5.75 Å². The zero-order valence-corrected chi connectivity index (χ0v) is 10.5. The Balaban J connectivity index is 1.92. The lowest BCUT2D eigenvalue weighted by Gasteiger charge is -2.08. The summed E-state index contributed by atoms with van der Waals surface area (Å²) in [6, 6.07) is 7.93. The maximum absolute atomic E-state index is 5.36. The first-order valence-corrected chi connectivity index (χ1v) is 6.27. The maximum Gasteiger partial charge on any atom is 0.144 e. The summed E-state index contributed by atoms with van der Waals surface area (Å²) in [7, 11) is 1.68. The molecule has 4 heteroatoms. The van der Waals surface area contributed by atoms with Gasteiger partial charge in [-0.15, -0.1) is 0 Å². The second kappa shape index (κ2) is 4.82.